The first-order chi connectivity index (χ1) is 9.84. The van der Waals surface area contributed by atoms with Crippen molar-refractivity contribution in [2.45, 2.75) is 52.1 Å². The highest BCUT2D eigenvalue weighted by atomic mass is 16.4. The normalized spacial score (nSPS) is 12.6. The standard InChI is InChI=1S/C16H24N2O3/c1-5-16(6-2,14(19)20)18-15(21)17-12(4)13-9-7-11(3)8-10-13/h7-10,12H,5-6H2,1-4H3,(H,19,20)(H2,17,18,21). The van der Waals surface area contributed by atoms with E-state index in [2.05, 4.69) is 10.6 Å². The molecule has 1 atom stereocenters. The Kier molecular flexibility index (Phi) is 5.76. The molecule has 0 saturated carbocycles. The number of carbonyl (C=O) groups excluding carboxylic acids is 1. The second-order valence-electron chi connectivity index (χ2n) is 5.33. The monoisotopic (exact) mass is 292 g/mol. The van der Waals surface area contributed by atoms with Crippen LogP contribution in [0.15, 0.2) is 24.3 Å². The van der Waals surface area contributed by atoms with E-state index in [1.165, 1.54) is 0 Å². The number of carboxylic acid groups (broad SMARTS) is 1. The van der Waals surface area contributed by atoms with Crippen molar-refractivity contribution in [3.63, 3.8) is 0 Å². The maximum Gasteiger partial charge on any atom is 0.329 e. The van der Waals surface area contributed by atoms with Gasteiger partial charge in [0, 0.05) is 0 Å². The highest BCUT2D eigenvalue weighted by molar-refractivity contribution is 5.86. The Balaban J connectivity index is 2.72. The average Bonchev–Trinajstić information content (AvgIpc) is 2.45. The molecule has 1 rings (SSSR count). The number of amides is 2. The highest BCUT2D eigenvalue weighted by Crippen LogP contribution is 2.17. The van der Waals surface area contributed by atoms with Gasteiger partial charge < -0.3 is 15.7 Å². The van der Waals surface area contributed by atoms with E-state index in [9.17, 15) is 14.7 Å². The summed E-state index contributed by atoms with van der Waals surface area (Å²) in [4.78, 5) is 23.4. The number of nitrogens with one attached hydrogen (secondary N) is 2. The molecule has 0 heterocycles. The summed E-state index contributed by atoms with van der Waals surface area (Å²) in [7, 11) is 0. The summed E-state index contributed by atoms with van der Waals surface area (Å²) >= 11 is 0. The molecule has 116 valence electrons. The van der Waals surface area contributed by atoms with Crippen molar-refractivity contribution >= 4 is 12.0 Å². The van der Waals surface area contributed by atoms with Gasteiger partial charge in [0.2, 0.25) is 0 Å². The van der Waals surface area contributed by atoms with Crippen LogP contribution in [-0.2, 0) is 4.79 Å². The van der Waals surface area contributed by atoms with Crippen molar-refractivity contribution < 1.29 is 14.7 Å². The second-order valence-corrected chi connectivity index (χ2v) is 5.33. The van der Waals surface area contributed by atoms with Crippen LogP contribution in [0.2, 0.25) is 0 Å². The second kappa shape index (κ2) is 7.11. The van der Waals surface area contributed by atoms with Gasteiger partial charge in [-0.2, -0.15) is 0 Å². The molecule has 0 aromatic heterocycles. The van der Waals surface area contributed by atoms with Gasteiger partial charge in [-0.15, -0.1) is 0 Å². The molecule has 0 spiro atoms. The Morgan fingerprint density at radius 1 is 1.19 bits per heavy atom. The SMILES string of the molecule is CCC(CC)(NC(=O)NC(C)c1ccc(C)cc1)C(=O)O. The van der Waals surface area contributed by atoms with E-state index in [0.717, 1.165) is 11.1 Å². The zero-order chi connectivity index (χ0) is 16.0. The lowest BCUT2D eigenvalue weighted by molar-refractivity contribution is -0.144. The van der Waals surface area contributed by atoms with Crippen LogP contribution in [0.5, 0.6) is 0 Å². The number of carboxylic acids is 1. The number of hydrogen-bond acceptors (Lipinski definition) is 2. The Bertz CT molecular complexity index is 493. The van der Waals surface area contributed by atoms with Gasteiger partial charge in [-0.25, -0.2) is 9.59 Å². The molecule has 3 N–H and O–H groups in total. The lowest BCUT2D eigenvalue weighted by Crippen LogP contribution is -2.56. The van der Waals surface area contributed by atoms with Crippen LogP contribution in [0.4, 0.5) is 4.79 Å². The van der Waals surface area contributed by atoms with Crippen molar-refractivity contribution in [2.24, 2.45) is 0 Å². The third-order valence-electron chi connectivity index (χ3n) is 3.89. The van der Waals surface area contributed by atoms with Crippen molar-refractivity contribution in [3.05, 3.63) is 35.4 Å². The Labute approximate surface area is 125 Å². The number of urea groups is 1. The first kappa shape index (κ1) is 17.0. The quantitative estimate of drug-likeness (QED) is 0.754. The fourth-order valence-electron chi connectivity index (χ4n) is 2.17. The molecule has 0 aliphatic rings. The number of hydrogen-bond donors (Lipinski definition) is 3. The summed E-state index contributed by atoms with van der Waals surface area (Å²) in [6, 6.07) is 7.20. The van der Waals surface area contributed by atoms with Crippen LogP contribution in [0.1, 0.15) is 50.8 Å². The molecule has 0 saturated heterocycles. The van der Waals surface area contributed by atoms with Gasteiger partial charge in [0.15, 0.2) is 0 Å². The predicted molar refractivity (Wildman–Crippen MR) is 82.2 cm³/mol. The fraction of sp³-hybridized carbons (Fsp3) is 0.500. The first-order valence-corrected chi connectivity index (χ1v) is 7.23. The van der Waals surface area contributed by atoms with E-state index in [0.29, 0.717) is 12.8 Å². The summed E-state index contributed by atoms with van der Waals surface area (Å²) in [6.45, 7) is 7.37. The van der Waals surface area contributed by atoms with Crippen LogP contribution in [0.3, 0.4) is 0 Å². The van der Waals surface area contributed by atoms with Crippen molar-refractivity contribution in [2.75, 3.05) is 0 Å². The van der Waals surface area contributed by atoms with E-state index in [4.69, 9.17) is 0 Å². The first-order valence-electron chi connectivity index (χ1n) is 7.23. The minimum atomic E-state index is -1.21. The van der Waals surface area contributed by atoms with Gasteiger partial charge in [0.1, 0.15) is 5.54 Å². The Morgan fingerprint density at radius 3 is 2.14 bits per heavy atom. The number of aryl methyl sites for hydroxylation is 1. The molecule has 0 aliphatic heterocycles. The summed E-state index contributed by atoms with van der Waals surface area (Å²) in [5.41, 5.74) is 0.916. The van der Waals surface area contributed by atoms with E-state index in [-0.39, 0.29) is 6.04 Å². The summed E-state index contributed by atoms with van der Waals surface area (Å²) in [6.07, 6.45) is 0.677. The molecule has 5 heteroatoms. The molecular weight excluding hydrogens is 268 g/mol. The molecule has 0 aliphatic carbocycles. The van der Waals surface area contributed by atoms with Crippen LogP contribution in [0.25, 0.3) is 0 Å². The van der Waals surface area contributed by atoms with Gasteiger partial charge in [-0.1, -0.05) is 43.7 Å². The zero-order valence-corrected chi connectivity index (χ0v) is 13.1. The molecule has 1 unspecified atom stereocenters. The predicted octanol–water partition coefficient (Wildman–Crippen LogP) is 3.00. The van der Waals surface area contributed by atoms with Crippen LogP contribution < -0.4 is 10.6 Å². The maximum atomic E-state index is 12.0. The lowest BCUT2D eigenvalue weighted by Gasteiger charge is -2.29. The van der Waals surface area contributed by atoms with Gasteiger partial charge in [0.05, 0.1) is 6.04 Å². The molecular formula is C16H24N2O3. The number of rotatable bonds is 6. The molecule has 2 amide bonds. The highest BCUT2D eigenvalue weighted by Gasteiger charge is 2.36. The van der Waals surface area contributed by atoms with Crippen LogP contribution >= 0.6 is 0 Å². The summed E-state index contributed by atoms with van der Waals surface area (Å²) in [5.74, 6) is -1.01. The minimum Gasteiger partial charge on any atom is -0.480 e. The van der Waals surface area contributed by atoms with E-state index in [1.54, 1.807) is 13.8 Å². The minimum absolute atomic E-state index is 0.189. The van der Waals surface area contributed by atoms with Gasteiger partial charge in [-0.3, -0.25) is 0 Å². The summed E-state index contributed by atoms with van der Waals surface area (Å²) in [5, 5.41) is 14.7. The molecule has 0 bridgehead atoms. The largest absolute Gasteiger partial charge is 0.480 e. The van der Waals surface area contributed by atoms with E-state index >= 15 is 0 Å². The summed E-state index contributed by atoms with van der Waals surface area (Å²) < 4.78 is 0. The molecule has 5 nitrogen and oxygen atoms in total. The number of aliphatic carboxylic acids is 1. The average molecular weight is 292 g/mol. The van der Waals surface area contributed by atoms with Gasteiger partial charge >= 0.3 is 12.0 Å². The number of carbonyl (C=O) groups is 2. The van der Waals surface area contributed by atoms with Crippen molar-refractivity contribution in [1.29, 1.82) is 0 Å². The van der Waals surface area contributed by atoms with E-state index in [1.807, 2.05) is 38.1 Å². The third kappa shape index (κ3) is 4.21. The molecule has 1 aromatic carbocycles. The van der Waals surface area contributed by atoms with E-state index < -0.39 is 17.5 Å². The Hall–Kier alpha value is -2.04. The fourth-order valence-corrected chi connectivity index (χ4v) is 2.17. The van der Waals surface area contributed by atoms with Crippen molar-refractivity contribution in [3.8, 4) is 0 Å². The number of benzene rings is 1. The zero-order valence-electron chi connectivity index (χ0n) is 13.1. The third-order valence-corrected chi connectivity index (χ3v) is 3.89. The lowest BCUT2D eigenvalue weighted by atomic mass is 9.93. The van der Waals surface area contributed by atoms with Crippen LogP contribution in [-0.4, -0.2) is 22.6 Å². The molecule has 21 heavy (non-hydrogen) atoms. The maximum absolute atomic E-state index is 12.0. The topological polar surface area (TPSA) is 78.4 Å². The molecule has 0 radical (unpaired) electrons. The van der Waals surface area contributed by atoms with Crippen LogP contribution in [0, 0.1) is 6.92 Å². The molecule has 0 fully saturated rings. The van der Waals surface area contributed by atoms with Gasteiger partial charge in [0.25, 0.3) is 0 Å². The van der Waals surface area contributed by atoms with Gasteiger partial charge in [-0.05, 0) is 32.3 Å². The van der Waals surface area contributed by atoms with Crippen molar-refractivity contribution in [1.82, 2.24) is 10.6 Å². The Morgan fingerprint density at radius 2 is 1.71 bits per heavy atom. The molecule has 1 aromatic rings. The smallest absolute Gasteiger partial charge is 0.329 e.